The molecule has 2 N–H and O–H groups in total. The molecule has 0 aromatic heterocycles. The molecular weight excluding hydrogens is 448 g/mol. The fourth-order valence-corrected chi connectivity index (χ4v) is 11.4. The van der Waals surface area contributed by atoms with Crippen LogP contribution in [0.15, 0.2) is 11.6 Å². The lowest BCUT2D eigenvalue weighted by atomic mass is 9.32. The Bertz CT molecular complexity index is 1010. The van der Waals surface area contributed by atoms with Crippen LogP contribution in [0.5, 0.6) is 0 Å². The van der Waals surface area contributed by atoms with Crippen LogP contribution in [-0.2, 0) is 9.59 Å². The first-order valence-corrected chi connectivity index (χ1v) is 14.7. The number of carboxylic acid groups (broad SMARTS) is 1. The lowest BCUT2D eigenvalue weighted by molar-refractivity contribution is -0.231. The molecule has 5 aliphatic rings. The number of aliphatic hydroxyl groups is 1. The number of fused-ring (bicyclic) bond motifs is 7. The van der Waals surface area contributed by atoms with Crippen LogP contribution < -0.4 is 0 Å². The van der Waals surface area contributed by atoms with Gasteiger partial charge in [0.2, 0.25) is 0 Å². The van der Waals surface area contributed by atoms with Gasteiger partial charge in [0, 0.05) is 5.41 Å². The molecule has 4 nitrogen and oxygen atoms in total. The Morgan fingerprint density at radius 3 is 2.17 bits per heavy atom. The highest BCUT2D eigenvalue weighted by molar-refractivity contribution is 5.86. The number of allylic oxidation sites excluding steroid dienone is 2. The van der Waals surface area contributed by atoms with E-state index in [1.54, 1.807) is 6.92 Å². The van der Waals surface area contributed by atoms with Crippen LogP contribution in [0, 0.1) is 56.7 Å². The first-order valence-electron chi connectivity index (χ1n) is 14.7. The minimum Gasteiger partial charge on any atom is -0.481 e. The molecule has 4 saturated carbocycles. The summed E-state index contributed by atoms with van der Waals surface area (Å²) in [6.07, 6.45) is 10.6. The van der Waals surface area contributed by atoms with Crippen molar-refractivity contribution in [2.24, 2.45) is 56.7 Å². The number of rotatable bonds is 2. The number of carbonyl (C=O) groups excluding carboxylic acids is 1. The summed E-state index contributed by atoms with van der Waals surface area (Å²) in [7, 11) is 0. The number of carbonyl (C=O) groups is 2. The summed E-state index contributed by atoms with van der Waals surface area (Å²) in [5, 5.41) is 22.1. The monoisotopic (exact) mass is 498 g/mol. The lowest BCUT2D eigenvalue weighted by Crippen LogP contribution is -2.68. The zero-order valence-electron chi connectivity index (χ0n) is 24.0. The van der Waals surface area contributed by atoms with Crippen LogP contribution in [-0.4, -0.2) is 27.6 Å². The SMILES string of the molecule is CC(=O)[C@@]1(O)CC[C@@]2(C)C(CC[C@]3(C)[C@@H]2CC=C2[C@@H]4[C@@H](C)[C@H](C)CC[C@]4(C(=O)O)CC[C@]23C)C1(C)C. The molecule has 0 bridgehead atoms. The molecule has 0 aromatic rings. The van der Waals surface area contributed by atoms with E-state index in [9.17, 15) is 19.8 Å². The summed E-state index contributed by atoms with van der Waals surface area (Å²) in [6.45, 7) is 17.9. The van der Waals surface area contributed by atoms with E-state index in [0.717, 1.165) is 51.4 Å². The van der Waals surface area contributed by atoms with Crippen molar-refractivity contribution in [1.82, 2.24) is 0 Å². The molecular formula is C32H50O4. The van der Waals surface area contributed by atoms with E-state index in [0.29, 0.717) is 30.1 Å². The maximum absolute atomic E-state index is 12.9. The summed E-state index contributed by atoms with van der Waals surface area (Å²) < 4.78 is 0. The van der Waals surface area contributed by atoms with E-state index in [4.69, 9.17) is 0 Å². The van der Waals surface area contributed by atoms with Crippen LogP contribution in [0.3, 0.4) is 0 Å². The second kappa shape index (κ2) is 7.70. The second-order valence-electron chi connectivity index (χ2n) is 15.2. The van der Waals surface area contributed by atoms with Crippen molar-refractivity contribution in [2.75, 3.05) is 0 Å². The number of Topliss-reactive ketones (excluding diaryl/α,β-unsaturated/α-hetero) is 1. The molecule has 5 aliphatic carbocycles. The van der Waals surface area contributed by atoms with E-state index >= 15 is 0 Å². The third kappa shape index (κ3) is 2.86. The molecule has 5 rings (SSSR count). The Kier molecular flexibility index (Phi) is 5.66. The van der Waals surface area contributed by atoms with E-state index in [2.05, 4.69) is 54.5 Å². The van der Waals surface area contributed by atoms with Gasteiger partial charge in [-0.25, -0.2) is 0 Å². The molecule has 36 heavy (non-hydrogen) atoms. The Labute approximate surface area is 218 Å². The van der Waals surface area contributed by atoms with Crippen molar-refractivity contribution >= 4 is 11.8 Å². The molecule has 10 atom stereocenters. The minimum absolute atomic E-state index is 0.00268. The average molecular weight is 499 g/mol. The Hall–Kier alpha value is -1.16. The molecule has 0 aliphatic heterocycles. The van der Waals surface area contributed by atoms with E-state index < -0.39 is 22.4 Å². The van der Waals surface area contributed by atoms with Gasteiger partial charge in [0.15, 0.2) is 5.78 Å². The largest absolute Gasteiger partial charge is 0.481 e. The fraction of sp³-hybridized carbons (Fsp3) is 0.875. The molecule has 202 valence electrons. The maximum atomic E-state index is 12.9. The standard InChI is InChI=1S/C32H50O4/c1-19-11-14-31(26(34)35)17-16-29(7)22(25(31)20(19)2)9-10-24-28(6)15-18-32(36,21(3)33)27(4,5)23(28)12-13-30(24,29)8/h9,19-20,23-25,36H,10-18H2,1-8H3,(H,34,35)/t19-,20+,23?,24-,25+,28+,29-,30-,31+,32+/m1/s1. The Morgan fingerprint density at radius 2 is 1.56 bits per heavy atom. The van der Waals surface area contributed by atoms with Crippen molar-refractivity contribution in [3.8, 4) is 0 Å². The van der Waals surface area contributed by atoms with E-state index in [1.165, 1.54) is 5.57 Å². The topological polar surface area (TPSA) is 74.6 Å². The van der Waals surface area contributed by atoms with Gasteiger partial charge >= 0.3 is 5.97 Å². The van der Waals surface area contributed by atoms with Gasteiger partial charge in [0.25, 0.3) is 0 Å². The Balaban J connectivity index is 1.60. The molecule has 0 heterocycles. The molecule has 0 amide bonds. The smallest absolute Gasteiger partial charge is 0.310 e. The zero-order chi connectivity index (χ0) is 26.7. The van der Waals surface area contributed by atoms with Crippen LogP contribution in [0.4, 0.5) is 0 Å². The zero-order valence-corrected chi connectivity index (χ0v) is 24.0. The third-order valence-corrected chi connectivity index (χ3v) is 14.2. The third-order valence-electron chi connectivity index (χ3n) is 14.2. The van der Waals surface area contributed by atoms with E-state index in [1.807, 2.05) is 0 Å². The first kappa shape index (κ1) is 26.4. The second-order valence-corrected chi connectivity index (χ2v) is 15.2. The summed E-state index contributed by atoms with van der Waals surface area (Å²) >= 11 is 0. The normalized spacial score (nSPS) is 53.7. The van der Waals surface area contributed by atoms with Gasteiger partial charge in [-0.05, 0) is 111 Å². The quantitative estimate of drug-likeness (QED) is 0.400. The van der Waals surface area contributed by atoms with Gasteiger partial charge < -0.3 is 10.2 Å². The van der Waals surface area contributed by atoms with Crippen LogP contribution in [0.2, 0.25) is 0 Å². The highest BCUT2D eigenvalue weighted by atomic mass is 16.4. The van der Waals surface area contributed by atoms with Gasteiger partial charge in [-0.2, -0.15) is 0 Å². The number of hydrogen-bond acceptors (Lipinski definition) is 3. The van der Waals surface area contributed by atoms with Gasteiger partial charge in [-0.3, -0.25) is 9.59 Å². The Morgan fingerprint density at radius 1 is 0.889 bits per heavy atom. The molecule has 0 radical (unpaired) electrons. The summed E-state index contributed by atoms with van der Waals surface area (Å²) in [4.78, 5) is 25.5. The maximum Gasteiger partial charge on any atom is 0.310 e. The number of carboxylic acids is 1. The first-order chi connectivity index (χ1) is 16.5. The predicted octanol–water partition coefficient (Wildman–Crippen LogP) is 7.05. The van der Waals surface area contributed by atoms with Crippen molar-refractivity contribution in [1.29, 1.82) is 0 Å². The average Bonchev–Trinajstić information content (AvgIpc) is 2.79. The van der Waals surface area contributed by atoms with Gasteiger partial charge in [-0.1, -0.05) is 60.1 Å². The highest BCUT2D eigenvalue weighted by Gasteiger charge is 2.71. The van der Waals surface area contributed by atoms with Crippen LogP contribution in [0.25, 0.3) is 0 Å². The fourth-order valence-electron chi connectivity index (χ4n) is 11.4. The van der Waals surface area contributed by atoms with Gasteiger partial charge in [0.1, 0.15) is 5.60 Å². The number of ketones is 1. The van der Waals surface area contributed by atoms with Crippen molar-refractivity contribution < 1.29 is 19.8 Å². The number of aliphatic carboxylic acids is 1. The molecule has 1 unspecified atom stereocenters. The van der Waals surface area contributed by atoms with Crippen molar-refractivity contribution in [2.45, 2.75) is 119 Å². The van der Waals surface area contributed by atoms with Crippen molar-refractivity contribution in [3.63, 3.8) is 0 Å². The van der Waals surface area contributed by atoms with E-state index in [-0.39, 0.29) is 27.9 Å². The van der Waals surface area contributed by atoms with Crippen LogP contribution >= 0.6 is 0 Å². The summed E-state index contributed by atoms with van der Waals surface area (Å²) in [5.41, 5.74) is -0.707. The van der Waals surface area contributed by atoms with Gasteiger partial charge in [-0.15, -0.1) is 0 Å². The molecule has 0 saturated heterocycles. The molecule has 4 heteroatoms. The predicted molar refractivity (Wildman–Crippen MR) is 142 cm³/mol. The summed E-state index contributed by atoms with van der Waals surface area (Å²) in [6, 6.07) is 0. The lowest BCUT2D eigenvalue weighted by Gasteiger charge is -2.72. The van der Waals surface area contributed by atoms with Gasteiger partial charge in [0.05, 0.1) is 5.41 Å². The molecule has 0 spiro atoms. The highest BCUT2D eigenvalue weighted by Crippen LogP contribution is 2.76. The summed E-state index contributed by atoms with van der Waals surface area (Å²) in [5.74, 6) is 1.17. The van der Waals surface area contributed by atoms with Crippen molar-refractivity contribution in [3.05, 3.63) is 11.6 Å². The minimum atomic E-state index is -1.25. The van der Waals surface area contributed by atoms with Crippen LogP contribution in [0.1, 0.15) is 113 Å². The molecule has 0 aromatic carbocycles. The number of hydrogen-bond donors (Lipinski definition) is 2. The molecule has 4 fully saturated rings.